The molecule has 0 aliphatic heterocycles. The van der Waals surface area contributed by atoms with Gasteiger partial charge in [0.05, 0.1) is 6.10 Å². The Labute approximate surface area is 84.6 Å². The Balaban J connectivity index is 2.96. The molecular weight excluding hydrogens is 179 g/mol. The van der Waals surface area contributed by atoms with Crippen molar-refractivity contribution in [3.8, 4) is 0 Å². The van der Waals surface area contributed by atoms with Crippen LogP contribution in [0.2, 0.25) is 0 Å². The second-order valence-corrected chi connectivity index (χ2v) is 4.27. The van der Waals surface area contributed by atoms with Gasteiger partial charge in [-0.3, -0.25) is 0 Å². The van der Waals surface area contributed by atoms with Crippen molar-refractivity contribution in [1.82, 2.24) is 0 Å². The van der Waals surface area contributed by atoms with Crippen molar-refractivity contribution in [2.45, 2.75) is 39.0 Å². The zero-order chi connectivity index (χ0) is 10.8. The topological polar surface area (TPSA) is 20.2 Å². The zero-order valence-corrected chi connectivity index (χ0v) is 8.92. The first-order chi connectivity index (χ1) is 6.40. The molecule has 0 saturated heterocycles. The Morgan fingerprint density at radius 3 is 2.43 bits per heavy atom. The number of rotatable bonds is 3. The third-order valence-electron chi connectivity index (χ3n) is 2.12. The number of halogens is 1. The molecule has 1 N–H and O–H groups in total. The van der Waals surface area contributed by atoms with Gasteiger partial charge in [-0.1, -0.05) is 24.3 Å². The summed E-state index contributed by atoms with van der Waals surface area (Å²) in [5, 5.41) is 9.48. The molecular formula is C12H17FO. The van der Waals surface area contributed by atoms with Crippen LogP contribution in [0, 0.1) is 0 Å². The molecule has 0 saturated carbocycles. The molecule has 1 nitrogen and oxygen atoms in total. The van der Waals surface area contributed by atoms with Crippen molar-refractivity contribution in [2.24, 2.45) is 0 Å². The van der Waals surface area contributed by atoms with Crippen molar-refractivity contribution in [3.63, 3.8) is 0 Å². The van der Waals surface area contributed by atoms with Crippen molar-refractivity contribution in [2.75, 3.05) is 0 Å². The van der Waals surface area contributed by atoms with Crippen molar-refractivity contribution >= 4 is 0 Å². The van der Waals surface area contributed by atoms with E-state index in [0.717, 1.165) is 11.1 Å². The molecule has 0 amide bonds. The summed E-state index contributed by atoms with van der Waals surface area (Å²) in [6.07, 6.45) is -0.192. The van der Waals surface area contributed by atoms with E-state index in [2.05, 4.69) is 0 Å². The summed E-state index contributed by atoms with van der Waals surface area (Å²) in [4.78, 5) is 0. The maximum Gasteiger partial charge on any atom is 0.109 e. The van der Waals surface area contributed by atoms with Gasteiger partial charge in [-0.25, -0.2) is 4.39 Å². The van der Waals surface area contributed by atoms with E-state index in [1.807, 2.05) is 24.3 Å². The lowest BCUT2D eigenvalue weighted by Gasteiger charge is -2.18. The highest BCUT2D eigenvalue weighted by Gasteiger charge is 2.19. The van der Waals surface area contributed by atoms with Crippen LogP contribution in [0.25, 0.3) is 0 Å². The third-order valence-corrected chi connectivity index (χ3v) is 2.12. The van der Waals surface area contributed by atoms with Crippen LogP contribution in [0.4, 0.5) is 4.39 Å². The van der Waals surface area contributed by atoms with Crippen LogP contribution in [0.5, 0.6) is 0 Å². The molecule has 0 radical (unpaired) electrons. The fourth-order valence-electron chi connectivity index (χ4n) is 1.56. The molecule has 1 unspecified atom stereocenters. The van der Waals surface area contributed by atoms with Gasteiger partial charge in [-0.15, -0.1) is 0 Å². The van der Waals surface area contributed by atoms with E-state index in [0.29, 0.717) is 6.42 Å². The van der Waals surface area contributed by atoms with Gasteiger partial charge in [0.1, 0.15) is 5.67 Å². The van der Waals surface area contributed by atoms with Gasteiger partial charge in [0.2, 0.25) is 0 Å². The molecule has 0 aliphatic carbocycles. The molecule has 0 aliphatic rings. The van der Waals surface area contributed by atoms with E-state index in [-0.39, 0.29) is 0 Å². The predicted octanol–water partition coefficient (Wildman–Crippen LogP) is 3.03. The smallest absolute Gasteiger partial charge is 0.109 e. The van der Waals surface area contributed by atoms with Gasteiger partial charge in [0, 0.05) is 6.42 Å². The molecule has 0 aromatic heterocycles. The van der Waals surface area contributed by atoms with Gasteiger partial charge in [0.15, 0.2) is 0 Å². The third kappa shape index (κ3) is 3.11. The molecule has 0 heterocycles. The molecule has 0 spiro atoms. The Morgan fingerprint density at radius 1 is 1.36 bits per heavy atom. The summed E-state index contributed by atoms with van der Waals surface area (Å²) >= 11 is 0. The highest BCUT2D eigenvalue weighted by Crippen LogP contribution is 2.23. The number of aliphatic hydroxyl groups is 1. The average Bonchev–Trinajstić information content (AvgIpc) is 2.01. The first-order valence-electron chi connectivity index (χ1n) is 4.85. The van der Waals surface area contributed by atoms with E-state index in [9.17, 15) is 9.50 Å². The maximum atomic E-state index is 13.4. The molecule has 1 aromatic rings. The van der Waals surface area contributed by atoms with Gasteiger partial charge in [0.25, 0.3) is 0 Å². The highest BCUT2D eigenvalue weighted by molar-refractivity contribution is 5.29. The lowest BCUT2D eigenvalue weighted by atomic mass is 9.94. The van der Waals surface area contributed by atoms with Crippen LogP contribution < -0.4 is 0 Å². The first-order valence-corrected chi connectivity index (χ1v) is 4.85. The van der Waals surface area contributed by atoms with Crippen LogP contribution in [0.15, 0.2) is 24.3 Å². The minimum Gasteiger partial charge on any atom is -0.389 e. The monoisotopic (exact) mass is 196 g/mol. The summed E-state index contributed by atoms with van der Waals surface area (Å²) < 4.78 is 13.4. The van der Waals surface area contributed by atoms with Crippen LogP contribution in [0.1, 0.15) is 38.0 Å². The zero-order valence-electron chi connectivity index (χ0n) is 8.92. The van der Waals surface area contributed by atoms with Gasteiger partial charge < -0.3 is 5.11 Å². The van der Waals surface area contributed by atoms with Crippen LogP contribution >= 0.6 is 0 Å². The maximum absolute atomic E-state index is 13.4. The Bertz CT molecular complexity index is 299. The van der Waals surface area contributed by atoms with Crippen LogP contribution in [-0.2, 0) is 6.42 Å². The number of aliphatic hydroxyl groups excluding tert-OH is 1. The van der Waals surface area contributed by atoms with Crippen molar-refractivity contribution < 1.29 is 9.50 Å². The van der Waals surface area contributed by atoms with Crippen LogP contribution in [-0.4, -0.2) is 10.8 Å². The SMILES string of the molecule is CC(O)c1ccccc1CC(C)(C)F. The van der Waals surface area contributed by atoms with Gasteiger partial charge >= 0.3 is 0 Å². The second kappa shape index (κ2) is 4.09. The summed E-state index contributed by atoms with van der Waals surface area (Å²) in [5.74, 6) is 0. The van der Waals surface area contributed by atoms with Crippen molar-refractivity contribution in [1.29, 1.82) is 0 Å². The Morgan fingerprint density at radius 2 is 1.93 bits per heavy atom. The Kier molecular flexibility index (Phi) is 3.27. The molecule has 14 heavy (non-hydrogen) atoms. The molecule has 0 bridgehead atoms. The lowest BCUT2D eigenvalue weighted by Crippen LogP contribution is -2.17. The largest absolute Gasteiger partial charge is 0.389 e. The summed E-state index contributed by atoms with van der Waals surface area (Å²) in [7, 11) is 0. The molecule has 1 rings (SSSR count). The van der Waals surface area contributed by atoms with E-state index in [4.69, 9.17) is 0 Å². The van der Waals surface area contributed by atoms with Gasteiger partial charge in [-0.05, 0) is 31.9 Å². The lowest BCUT2D eigenvalue weighted by molar-refractivity contribution is 0.191. The molecule has 2 heteroatoms. The minimum absolute atomic E-state index is 0.341. The van der Waals surface area contributed by atoms with Crippen molar-refractivity contribution in [3.05, 3.63) is 35.4 Å². The predicted molar refractivity (Wildman–Crippen MR) is 56.0 cm³/mol. The first kappa shape index (κ1) is 11.2. The second-order valence-electron chi connectivity index (χ2n) is 4.27. The number of alkyl halides is 1. The van der Waals surface area contributed by atoms with E-state index < -0.39 is 11.8 Å². The van der Waals surface area contributed by atoms with E-state index >= 15 is 0 Å². The fourth-order valence-corrected chi connectivity index (χ4v) is 1.56. The van der Waals surface area contributed by atoms with Gasteiger partial charge in [-0.2, -0.15) is 0 Å². The summed E-state index contributed by atoms with van der Waals surface area (Å²) in [6, 6.07) is 7.43. The molecule has 1 aromatic carbocycles. The highest BCUT2D eigenvalue weighted by atomic mass is 19.1. The molecule has 1 atom stereocenters. The fraction of sp³-hybridized carbons (Fsp3) is 0.500. The van der Waals surface area contributed by atoms with E-state index in [1.165, 1.54) is 0 Å². The normalized spacial score (nSPS) is 14.1. The quantitative estimate of drug-likeness (QED) is 0.787. The molecule has 78 valence electrons. The van der Waals surface area contributed by atoms with E-state index in [1.54, 1.807) is 20.8 Å². The summed E-state index contributed by atoms with van der Waals surface area (Å²) in [5.41, 5.74) is 0.471. The standard InChI is InChI=1S/C12H17FO/c1-9(14)11-7-5-4-6-10(11)8-12(2,3)13/h4-7,9,14H,8H2,1-3H3. The average molecular weight is 196 g/mol. The number of hydrogen-bond acceptors (Lipinski definition) is 1. The minimum atomic E-state index is -1.23. The number of benzene rings is 1. The Hall–Kier alpha value is -0.890. The van der Waals surface area contributed by atoms with Crippen LogP contribution in [0.3, 0.4) is 0 Å². The number of hydrogen-bond donors (Lipinski definition) is 1. The molecule has 0 fully saturated rings. The summed E-state index contributed by atoms with van der Waals surface area (Å²) in [6.45, 7) is 4.79.